The van der Waals surface area contributed by atoms with Gasteiger partial charge in [0.25, 0.3) is 0 Å². The molecule has 0 aliphatic carbocycles. The predicted octanol–water partition coefficient (Wildman–Crippen LogP) is -3.33. The molecule has 0 radical (unpaired) electrons. The average Bonchev–Trinajstić information content (AvgIpc) is 2.62. The molecule has 0 aromatic heterocycles. The van der Waals surface area contributed by atoms with Crippen LogP contribution in [0.2, 0.25) is 0 Å². The van der Waals surface area contributed by atoms with Crippen molar-refractivity contribution in [2.45, 2.75) is 57.7 Å². The molecular weight excluding hydrogens is 400 g/mol. The van der Waals surface area contributed by atoms with Crippen LogP contribution in [0.25, 0.3) is 0 Å². The van der Waals surface area contributed by atoms with Crippen molar-refractivity contribution in [3.05, 3.63) is 0 Å². The third-order valence-corrected chi connectivity index (χ3v) is 3.88. The van der Waals surface area contributed by atoms with Gasteiger partial charge < -0.3 is 38.3 Å². The number of primary amides is 2. The molecule has 0 bridgehead atoms. The summed E-state index contributed by atoms with van der Waals surface area (Å²) >= 11 is 0. The molecule has 0 aromatic carbocycles. The van der Waals surface area contributed by atoms with Gasteiger partial charge in [0.05, 0.1) is 13.0 Å². The Bertz CT molecular complexity index is 667. The molecule has 0 rings (SSSR count). The summed E-state index contributed by atoms with van der Waals surface area (Å²) in [5.41, 5.74) is 15.3. The first-order valence-electron chi connectivity index (χ1n) is 9.26. The quantitative estimate of drug-likeness (QED) is 0.147. The zero-order chi connectivity index (χ0) is 23.4. The van der Waals surface area contributed by atoms with Gasteiger partial charge in [-0.2, -0.15) is 0 Å². The molecular formula is C17H30N6O7. The fourth-order valence-corrected chi connectivity index (χ4v) is 2.46. The van der Waals surface area contributed by atoms with Crippen LogP contribution in [-0.4, -0.2) is 65.3 Å². The molecule has 13 heteroatoms. The second kappa shape index (κ2) is 13.1. The van der Waals surface area contributed by atoms with Crippen LogP contribution >= 0.6 is 0 Å². The van der Waals surface area contributed by atoms with Crippen molar-refractivity contribution >= 4 is 35.5 Å². The molecule has 0 heterocycles. The van der Waals surface area contributed by atoms with Gasteiger partial charge in [0.2, 0.25) is 29.5 Å². The Morgan fingerprint density at radius 1 is 0.833 bits per heavy atom. The van der Waals surface area contributed by atoms with Crippen LogP contribution in [-0.2, 0) is 28.8 Å². The monoisotopic (exact) mass is 430 g/mol. The van der Waals surface area contributed by atoms with Crippen LogP contribution in [0.5, 0.6) is 0 Å². The summed E-state index contributed by atoms with van der Waals surface area (Å²) in [5, 5.41) is 16.1. The van der Waals surface area contributed by atoms with E-state index in [1.807, 2.05) is 0 Å². The van der Waals surface area contributed by atoms with E-state index in [2.05, 4.69) is 16.0 Å². The van der Waals surface area contributed by atoms with Crippen molar-refractivity contribution < 1.29 is 33.9 Å². The molecule has 0 saturated heterocycles. The second-order valence-corrected chi connectivity index (χ2v) is 7.09. The Balaban J connectivity index is 5.38. The fraction of sp³-hybridized carbons (Fsp3) is 0.647. The highest BCUT2D eigenvalue weighted by Gasteiger charge is 2.30. The molecule has 0 saturated carbocycles. The summed E-state index contributed by atoms with van der Waals surface area (Å²) in [6.45, 7) is 3.11. The lowest BCUT2D eigenvalue weighted by Crippen LogP contribution is -2.57. The minimum absolute atomic E-state index is 0.0804. The number of hydrogen-bond donors (Lipinski definition) is 7. The second-order valence-electron chi connectivity index (χ2n) is 7.09. The van der Waals surface area contributed by atoms with E-state index in [1.165, 1.54) is 0 Å². The molecule has 3 atom stereocenters. The van der Waals surface area contributed by atoms with E-state index < -0.39 is 66.6 Å². The number of carboxylic acid groups (broad SMARTS) is 1. The van der Waals surface area contributed by atoms with E-state index in [1.54, 1.807) is 13.8 Å². The van der Waals surface area contributed by atoms with E-state index in [9.17, 15) is 33.9 Å². The summed E-state index contributed by atoms with van der Waals surface area (Å²) in [6.07, 6.45) is -0.877. The van der Waals surface area contributed by atoms with E-state index in [0.717, 1.165) is 0 Å². The zero-order valence-corrected chi connectivity index (χ0v) is 17.0. The number of hydrogen-bond acceptors (Lipinski definition) is 7. The highest BCUT2D eigenvalue weighted by atomic mass is 16.4. The average molecular weight is 430 g/mol. The molecule has 5 amide bonds. The molecule has 0 aliphatic heterocycles. The molecule has 13 nitrogen and oxygen atoms in total. The molecule has 0 aromatic rings. The van der Waals surface area contributed by atoms with E-state index in [-0.39, 0.29) is 25.2 Å². The van der Waals surface area contributed by atoms with Gasteiger partial charge in [-0.15, -0.1) is 0 Å². The standard InChI is InChI=1S/C17H30N6O7/c1-8(2)5-10(15(27)22-9(17(29)30)3-4-12(19)24)23-16(28)11(6-13(20)25)21-14(26)7-18/h8-11H,3-7,18H2,1-2H3,(H2,19,24)(H2,20,25)(H,21,26)(H,22,27)(H,23,28)(H,29,30). The predicted molar refractivity (Wildman–Crippen MR) is 104 cm³/mol. The van der Waals surface area contributed by atoms with Crippen molar-refractivity contribution in [3.8, 4) is 0 Å². The summed E-state index contributed by atoms with van der Waals surface area (Å²) < 4.78 is 0. The Hall–Kier alpha value is -3.22. The van der Waals surface area contributed by atoms with Gasteiger partial charge in [0.15, 0.2) is 0 Å². The van der Waals surface area contributed by atoms with Crippen LogP contribution < -0.4 is 33.2 Å². The largest absolute Gasteiger partial charge is 0.480 e. The van der Waals surface area contributed by atoms with Crippen molar-refractivity contribution in [2.75, 3.05) is 6.54 Å². The van der Waals surface area contributed by atoms with Crippen molar-refractivity contribution in [1.82, 2.24) is 16.0 Å². The molecule has 3 unspecified atom stereocenters. The van der Waals surface area contributed by atoms with Crippen LogP contribution in [0, 0.1) is 5.92 Å². The third kappa shape index (κ3) is 10.9. The van der Waals surface area contributed by atoms with Gasteiger partial charge in [-0.1, -0.05) is 13.8 Å². The number of aliphatic carboxylic acids is 1. The molecule has 10 N–H and O–H groups in total. The lowest BCUT2D eigenvalue weighted by atomic mass is 10.0. The summed E-state index contributed by atoms with van der Waals surface area (Å²) in [7, 11) is 0. The maximum absolute atomic E-state index is 12.6. The molecule has 0 fully saturated rings. The SMILES string of the molecule is CC(C)CC(NC(=O)C(CC(N)=O)NC(=O)CN)C(=O)NC(CCC(N)=O)C(=O)O. The summed E-state index contributed by atoms with van der Waals surface area (Å²) in [5.74, 6) is -5.43. The van der Waals surface area contributed by atoms with E-state index >= 15 is 0 Å². The van der Waals surface area contributed by atoms with Gasteiger partial charge in [0, 0.05) is 6.42 Å². The minimum Gasteiger partial charge on any atom is -0.480 e. The van der Waals surface area contributed by atoms with Crippen molar-refractivity contribution in [1.29, 1.82) is 0 Å². The van der Waals surface area contributed by atoms with Crippen LogP contribution in [0.15, 0.2) is 0 Å². The van der Waals surface area contributed by atoms with E-state index in [4.69, 9.17) is 17.2 Å². The first-order chi connectivity index (χ1) is 13.9. The number of carbonyl (C=O) groups is 6. The van der Waals surface area contributed by atoms with Crippen LogP contribution in [0.1, 0.15) is 39.5 Å². The van der Waals surface area contributed by atoms with E-state index in [0.29, 0.717) is 0 Å². The lowest BCUT2D eigenvalue weighted by molar-refractivity contribution is -0.142. The van der Waals surface area contributed by atoms with Gasteiger partial charge >= 0.3 is 5.97 Å². The number of nitrogens with one attached hydrogen (secondary N) is 3. The first kappa shape index (κ1) is 26.8. The highest BCUT2D eigenvalue weighted by molar-refractivity contribution is 5.95. The molecule has 0 aliphatic rings. The number of nitrogens with two attached hydrogens (primary N) is 3. The highest BCUT2D eigenvalue weighted by Crippen LogP contribution is 2.08. The normalized spacial score (nSPS) is 13.6. The maximum Gasteiger partial charge on any atom is 0.326 e. The summed E-state index contributed by atoms with van der Waals surface area (Å²) in [4.78, 5) is 70.1. The number of amides is 5. The van der Waals surface area contributed by atoms with Gasteiger partial charge in [-0.05, 0) is 18.8 Å². The Kier molecular flexibility index (Phi) is 11.7. The zero-order valence-electron chi connectivity index (χ0n) is 17.0. The maximum atomic E-state index is 12.6. The molecule has 0 spiro atoms. The van der Waals surface area contributed by atoms with Gasteiger partial charge in [-0.25, -0.2) is 4.79 Å². The number of carboxylic acids is 1. The van der Waals surface area contributed by atoms with Crippen molar-refractivity contribution in [2.24, 2.45) is 23.1 Å². The van der Waals surface area contributed by atoms with Crippen LogP contribution in [0.3, 0.4) is 0 Å². The minimum atomic E-state index is -1.39. The number of carbonyl (C=O) groups excluding carboxylic acids is 5. The first-order valence-corrected chi connectivity index (χ1v) is 9.26. The molecule has 30 heavy (non-hydrogen) atoms. The smallest absolute Gasteiger partial charge is 0.326 e. The number of rotatable bonds is 14. The third-order valence-electron chi connectivity index (χ3n) is 3.88. The Morgan fingerprint density at radius 2 is 1.37 bits per heavy atom. The topological polar surface area (TPSA) is 237 Å². The van der Waals surface area contributed by atoms with Crippen LogP contribution in [0.4, 0.5) is 0 Å². The summed E-state index contributed by atoms with van der Waals surface area (Å²) in [6, 6.07) is -3.92. The van der Waals surface area contributed by atoms with Crippen molar-refractivity contribution in [3.63, 3.8) is 0 Å². The lowest BCUT2D eigenvalue weighted by Gasteiger charge is -2.25. The van der Waals surface area contributed by atoms with Gasteiger partial charge in [0.1, 0.15) is 18.1 Å². The Morgan fingerprint density at radius 3 is 1.80 bits per heavy atom. The fourth-order valence-electron chi connectivity index (χ4n) is 2.46. The Labute approximate surface area is 173 Å². The van der Waals surface area contributed by atoms with Gasteiger partial charge in [-0.3, -0.25) is 24.0 Å². The molecule has 170 valence electrons.